The zero-order valence-corrected chi connectivity index (χ0v) is 11.2. The topological polar surface area (TPSA) is 70.1 Å². The first-order valence-corrected chi connectivity index (χ1v) is 6.30. The first-order valence-electron chi connectivity index (χ1n) is 6.30. The van der Waals surface area contributed by atoms with Gasteiger partial charge in [-0.2, -0.15) is 9.78 Å². The molecule has 0 radical (unpaired) electrons. The zero-order valence-electron chi connectivity index (χ0n) is 11.2. The van der Waals surface area contributed by atoms with Crippen molar-refractivity contribution < 1.29 is 13.9 Å². The summed E-state index contributed by atoms with van der Waals surface area (Å²) in [7, 11) is 0. The second-order valence-corrected chi connectivity index (χ2v) is 4.42. The summed E-state index contributed by atoms with van der Waals surface area (Å²) in [6, 6.07) is 7.40. The maximum Gasteiger partial charge on any atom is 0.248 e. The minimum Gasteiger partial charge on any atom is -0.494 e. The normalized spacial score (nSPS) is 10.5. The predicted octanol–water partition coefficient (Wildman–Crippen LogP) is 2.41. The molecule has 0 aliphatic carbocycles. The summed E-state index contributed by atoms with van der Waals surface area (Å²) in [6.07, 6.45) is 0.821. The highest BCUT2D eigenvalue weighted by atomic mass is 19.1. The second-order valence-electron chi connectivity index (χ2n) is 4.42. The van der Waals surface area contributed by atoms with Crippen molar-refractivity contribution in [1.82, 2.24) is 9.78 Å². The van der Waals surface area contributed by atoms with E-state index in [1.807, 2.05) is 0 Å². The first-order chi connectivity index (χ1) is 9.56. The average Bonchev–Trinajstić information content (AvgIpc) is 2.75. The van der Waals surface area contributed by atoms with E-state index >= 15 is 0 Å². The number of carbonyl (C=O) groups is 1. The van der Waals surface area contributed by atoms with Crippen molar-refractivity contribution in [2.75, 3.05) is 12.3 Å². The molecule has 1 aromatic heterocycles. The Balaban J connectivity index is 1.77. The number of benzene rings is 1. The van der Waals surface area contributed by atoms with Gasteiger partial charge in [0.1, 0.15) is 17.4 Å². The Hall–Kier alpha value is -2.37. The summed E-state index contributed by atoms with van der Waals surface area (Å²) in [5.74, 6) is 0.440. The van der Waals surface area contributed by atoms with Gasteiger partial charge in [-0.15, -0.1) is 0 Å². The lowest BCUT2D eigenvalue weighted by Gasteiger charge is -2.06. The van der Waals surface area contributed by atoms with Crippen LogP contribution < -0.4 is 10.5 Å². The van der Waals surface area contributed by atoms with Gasteiger partial charge < -0.3 is 10.5 Å². The monoisotopic (exact) mass is 277 g/mol. The Morgan fingerprint density at radius 2 is 2.10 bits per heavy atom. The molecule has 20 heavy (non-hydrogen) atoms. The molecule has 2 aromatic rings. The van der Waals surface area contributed by atoms with Crippen LogP contribution in [0.4, 0.5) is 10.2 Å². The summed E-state index contributed by atoms with van der Waals surface area (Å²) >= 11 is 0. The van der Waals surface area contributed by atoms with E-state index in [1.54, 1.807) is 25.1 Å². The first kappa shape index (κ1) is 14.0. The van der Waals surface area contributed by atoms with Gasteiger partial charge >= 0.3 is 0 Å². The molecule has 2 N–H and O–H groups in total. The fourth-order valence-electron chi connectivity index (χ4n) is 1.77. The molecular weight excluding hydrogens is 261 g/mol. The Morgan fingerprint density at radius 3 is 2.70 bits per heavy atom. The second kappa shape index (κ2) is 6.18. The van der Waals surface area contributed by atoms with E-state index in [0.29, 0.717) is 30.3 Å². The maximum absolute atomic E-state index is 12.7. The molecular formula is C14H16FN3O2. The van der Waals surface area contributed by atoms with E-state index in [4.69, 9.17) is 10.5 Å². The highest BCUT2D eigenvalue weighted by molar-refractivity contribution is 5.80. The van der Waals surface area contributed by atoms with Gasteiger partial charge in [0.05, 0.1) is 12.3 Å². The number of anilines is 1. The van der Waals surface area contributed by atoms with Crippen LogP contribution in [-0.2, 0) is 0 Å². The Bertz CT molecular complexity index is 593. The summed E-state index contributed by atoms with van der Waals surface area (Å²) in [6.45, 7) is 2.15. The molecule has 0 spiro atoms. The van der Waals surface area contributed by atoms with Gasteiger partial charge in [-0.25, -0.2) is 4.39 Å². The van der Waals surface area contributed by atoms with Gasteiger partial charge in [-0.3, -0.25) is 4.79 Å². The molecule has 0 aliphatic heterocycles. The molecule has 0 saturated carbocycles. The van der Waals surface area contributed by atoms with Gasteiger partial charge in [-0.1, -0.05) is 0 Å². The number of hydrogen-bond acceptors (Lipinski definition) is 4. The quantitative estimate of drug-likeness (QED) is 0.852. The van der Waals surface area contributed by atoms with Crippen molar-refractivity contribution in [3.05, 3.63) is 41.8 Å². The van der Waals surface area contributed by atoms with Crippen LogP contribution in [0, 0.1) is 12.7 Å². The van der Waals surface area contributed by atoms with Crippen molar-refractivity contribution in [3.63, 3.8) is 0 Å². The zero-order chi connectivity index (χ0) is 14.5. The molecule has 2 rings (SSSR count). The van der Waals surface area contributed by atoms with Gasteiger partial charge in [0.25, 0.3) is 0 Å². The minimum absolute atomic E-state index is 0.168. The minimum atomic E-state index is -0.308. The van der Waals surface area contributed by atoms with E-state index in [0.717, 1.165) is 0 Å². The molecule has 0 saturated heterocycles. The van der Waals surface area contributed by atoms with E-state index in [-0.39, 0.29) is 18.1 Å². The van der Waals surface area contributed by atoms with Crippen LogP contribution in [0.3, 0.4) is 0 Å². The Kier molecular flexibility index (Phi) is 4.34. The third-order valence-electron chi connectivity index (χ3n) is 2.71. The third kappa shape index (κ3) is 3.57. The van der Waals surface area contributed by atoms with Gasteiger partial charge in [0, 0.05) is 12.5 Å². The molecule has 0 fully saturated rings. The molecule has 6 heteroatoms. The van der Waals surface area contributed by atoms with Crippen molar-refractivity contribution >= 4 is 11.7 Å². The summed E-state index contributed by atoms with van der Waals surface area (Å²) in [5.41, 5.74) is 6.37. The van der Waals surface area contributed by atoms with Gasteiger partial charge in [0.15, 0.2) is 0 Å². The van der Waals surface area contributed by atoms with E-state index in [9.17, 15) is 9.18 Å². The van der Waals surface area contributed by atoms with E-state index in [2.05, 4.69) is 5.10 Å². The van der Waals surface area contributed by atoms with Crippen molar-refractivity contribution in [2.24, 2.45) is 0 Å². The van der Waals surface area contributed by atoms with Gasteiger partial charge in [-0.05, 0) is 37.6 Å². The Labute approximate surface area is 116 Å². The number of halogens is 1. The number of aromatic nitrogens is 2. The fourth-order valence-corrected chi connectivity index (χ4v) is 1.77. The van der Waals surface area contributed by atoms with Crippen LogP contribution in [-0.4, -0.2) is 22.3 Å². The molecule has 1 aromatic carbocycles. The lowest BCUT2D eigenvalue weighted by Crippen LogP contribution is -2.15. The van der Waals surface area contributed by atoms with E-state index in [1.165, 1.54) is 16.8 Å². The number of nitrogens with two attached hydrogens (primary N) is 1. The summed E-state index contributed by atoms with van der Waals surface area (Å²) in [4.78, 5) is 11.9. The lowest BCUT2D eigenvalue weighted by molar-refractivity contribution is 0.0880. The number of aryl methyl sites for hydroxylation is 1. The van der Waals surface area contributed by atoms with Crippen LogP contribution in [0.15, 0.2) is 30.3 Å². The molecule has 106 valence electrons. The van der Waals surface area contributed by atoms with Crippen molar-refractivity contribution in [2.45, 2.75) is 19.8 Å². The largest absolute Gasteiger partial charge is 0.494 e. The molecule has 0 atom stereocenters. The van der Waals surface area contributed by atoms with E-state index < -0.39 is 0 Å². The molecule has 0 unspecified atom stereocenters. The predicted molar refractivity (Wildman–Crippen MR) is 73.1 cm³/mol. The van der Waals surface area contributed by atoms with Crippen LogP contribution in [0.1, 0.15) is 23.3 Å². The number of nitrogen functional groups attached to an aromatic ring is 1. The van der Waals surface area contributed by atoms with Crippen LogP contribution in [0.2, 0.25) is 0 Å². The number of rotatable bonds is 5. The smallest absolute Gasteiger partial charge is 0.248 e. The number of nitrogens with zero attached hydrogens (tertiary/aromatic N) is 2. The van der Waals surface area contributed by atoms with Crippen LogP contribution in [0.25, 0.3) is 0 Å². The third-order valence-corrected chi connectivity index (χ3v) is 2.71. The fraction of sp³-hybridized carbons (Fsp3) is 0.286. The standard InChI is InChI=1S/C14H16FN3O2/c1-10-9-13(16)18(17-10)14(19)3-2-8-20-12-6-4-11(15)5-7-12/h4-7,9H,2-3,8,16H2,1H3. The molecule has 5 nitrogen and oxygen atoms in total. The number of ether oxygens (including phenoxy) is 1. The van der Waals surface area contributed by atoms with Crippen molar-refractivity contribution in [3.8, 4) is 5.75 Å². The highest BCUT2D eigenvalue weighted by Gasteiger charge is 2.10. The summed E-state index contributed by atoms with van der Waals surface area (Å²) in [5, 5.41) is 4.02. The number of carbonyl (C=O) groups excluding carboxylic acids is 1. The molecule has 0 aliphatic rings. The summed E-state index contributed by atoms with van der Waals surface area (Å²) < 4.78 is 19.3. The molecule has 0 amide bonds. The SMILES string of the molecule is Cc1cc(N)n(C(=O)CCCOc2ccc(F)cc2)n1. The maximum atomic E-state index is 12.7. The Morgan fingerprint density at radius 1 is 1.40 bits per heavy atom. The lowest BCUT2D eigenvalue weighted by atomic mass is 10.3. The van der Waals surface area contributed by atoms with Crippen molar-refractivity contribution in [1.29, 1.82) is 0 Å². The highest BCUT2D eigenvalue weighted by Crippen LogP contribution is 2.12. The number of hydrogen-bond donors (Lipinski definition) is 1. The molecule has 1 heterocycles. The van der Waals surface area contributed by atoms with Gasteiger partial charge in [0.2, 0.25) is 5.91 Å². The van der Waals surface area contributed by atoms with Crippen LogP contribution >= 0.6 is 0 Å². The molecule has 0 bridgehead atoms. The average molecular weight is 277 g/mol. The van der Waals surface area contributed by atoms with Crippen LogP contribution in [0.5, 0.6) is 5.75 Å².